The highest BCUT2D eigenvalue weighted by Crippen LogP contribution is 2.26. The molecular formula is C10H9BrClN3O. The summed E-state index contributed by atoms with van der Waals surface area (Å²) in [4.78, 5) is 21.3. The summed E-state index contributed by atoms with van der Waals surface area (Å²) in [6, 6.07) is 0. The molecule has 0 bridgehead atoms. The van der Waals surface area contributed by atoms with Crippen molar-refractivity contribution in [2.45, 2.75) is 6.42 Å². The maximum Gasteiger partial charge on any atom is 0.233 e. The van der Waals surface area contributed by atoms with E-state index >= 15 is 0 Å². The third kappa shape index (κ3) is 2.10. The largest absolute Gasteiger partial charge is 0.280 e. The van der Waals surface area contributed by atoms with Crippen LogP contribution in [0.4, 0.5) is 5.95 Å². The molecule has 0 N–H and O–H groups in total. The summed E-state index contributed by atoms with van der Waals surface area (Å²) in [5.41, 5.74) is 0. The quantitative estimate of drug-likeness (QED) is 0.622. The van der Waals surface area contributed by atoms with Gasteiger partial charge in [0, 0.05) is 25.1 Å². The first-order valence-corrected chi connectivity index (χ1v) is 5.90. The minimum atomic E-state index is 0.00305. The van der Waals surface area contributed by atoms with Crippen LogP contribution in [0, 0.1) is 5.92 Å². The second kappa shape index (κ2) is 4.51. The van der Waals surface area contributed by atoms with Crippen molar-refractivity contribution in [3.8, 4) is 0 Å². The van der Waals surface area contributed by atoms with Gasteiger partial charge in [-0.25, -0.2) is 4.98 Å². The van der Waals surface area contributed by atoms with Gasteiger partial charge in [-0.1, -0.05) is 17.7 Å². The fraction of sp³-hybridized carbons (Fsp3) is 0.300. The Balaban J connectivity index is 2.27. The van der Waals surface area contributed by atoms with Crippen molar-refractivity contribution in [3.05, 3.63) is 28.5 Å². The van der Waals surface area contributed by atoms with E-state index in [0.29, 0.717) is 28.5 Å². The summed E-state index contributed by atoms with van der Waals surface area (Å²) in [6.07, 6.45) is 3.78. The summed E-state index contributed by atoms with van der Waals surface area (Å²) in [6.45, 7) is 4.25. The van der Waals surface area contributed by atoms with Crippen molar-refractivity contribution in [1.82, 2.24) is 9.97 Å². The zero-order valence-corrected chi connectivity index (χ0v) is 10.7. The van der Waals surface area contributed by atoms with Crippen LogP contribution in [0.5, 0.6) is 0 Å². The van der Waals surface area contributed by atoms with Crippen LogP contribution in [-0.4, -0.2) is 22.4 Å². The van der Waals surface area contributed by atoms with Crippen LogP contribution >= 0.6 is 27.5 Å². The molecular weight excluding hydrogens is 293 g/mol. The van der Waals surface area contributed by atoms with Crippen LogP contribution in [0.2, 0.25) is 5.15 Å². The molecule has 0 saturated carbocycles. The van der Waals surface area contributed by atoms with E-state index in [0.717, 1.165) is 0 Å². The van der Waals surface area contributed by atoms with Crippen LogP contribution in [-0.2, 0) is 4.79 Å². The van der Waals surface area contributed by atoms with E-state index < -0.39 is 0 Å². The Morgan fingerprint density at radius 3 is 3.00 bits per heavy atom. The molecule has 16 heavy (non-hydrogen) atoms. The van der Waals surface area contributed by atoms with E-state index in [4.69, 9.17) is 11.6 Å². The molecule has 2 heterocycles. The van der Waals surface area contributed by atoms with Gasteiger partial charge in [-0.3, -0.25) is 9.69 Å². The Morgan fingerprint density at radius 2 is 2.44 bits per heavy atom. The predicted octanol–water partition coefficient (Wildman–Crippen LogP) is 2.43. The van der Waals surface area contributed by atoms with E-state index in [2.05, 4.69) is 32.5 Å². The number of carbonyl (C=O) groups is 1. The highest BCUT2D eigenvalue weighted by atomic mass is 79.9. The molecule has 1 saturated heterocycles. The molecule has 0 aliphatic carbocycles. The van der Waals surface area contributed by atoms with E-state index in [9.17, 15) is 4.79 Å². The fourth-order valence-corrected chi connectivity index (χ4v) is 1.87. The van der Waals surface area contributed by atoms with E-state index in [1.165, 1.54) is 4.90 Å². The number of anilines is 1. The standard InChI is InChI=1S/C10H9BrClN3O/c1-2-6-3-8(16)15(5-6)10-13-4-7(11)9(12)14-10/h2,4,6H,1,3,5H2. The average Bonchev–Trinajstić information content (AvgIpc) is 2.64. The van der Waals surface area contributed by atoms with Crippen LogP contribution in [0.1, 0.15) is 6.42 Å². The number of halogens is 2. The van der Waals surface area contributed by atoms with Crippen LogP contribution in [0.15, 0.2) is 23.3 Å². The Labute approximate surface area is 106 Å². The Morgan fingerprint density at radius 1 is 1.69 bits per heavy atom. The van der Waals surface area contributed by atoms with Gasteiger partial charge in [-0.2, -0.15) is 4.98 Å². The molecule has 1 aromatic rings. The number of amides is 1. The van der Waals surface area contributed by atoms with Crippen molar-refractivity contribution >= 4 is 39.4 Å². The summed E-state index contributed by atoms with van der Waals surface area (Å²) < 4.78 is 0.616. The zero-order valence-electron chi connectivity index (χ0n) is 8.36. The van der Waals surface area contributed by atoms with Gasteiger partial charge in [0.05, 0.1) is 4.47 Å². The molecule has 6 heteroatoms. The van der Waals surface area contributed by atoms with E-state index in [1.807, 2.05) is 0 Å². The predicted molar refractivity (Wildman–Crippen MR) is 65.4 cm³/mol. The topological polar surface area (TPSA) is 46.1 Å². The summed E-state index contributed by atoms with van der Waals surface area (Å²) in [7, 11) is 0. The monoisotopic (exact) mass is 301 g/mol. The molecule has 1 fully saturated rings. The normalized spacial score (nSPS) is 20.2. The van der Waals surface area contributed by atoms with Crippen LogP contribution in [0.3, 0.4) is 0 Å². The highest BCUT2D eigenvalue weighted by Gasteiger charge is 2.30. The number of carbonyl (C=O) groups excluding carboxylic acids is 1. The molecule has 0 radical (unpaired) electrons. The Hall–Kier alpha value is -0.940. The number of hydrogen-bond donors (Lipinski definition) is 0. The molecule has 1 atom stereocenters. The molecule has 4 nitrogen and oxygen atoms in total. The fourth-order valence-electron chi connectivity index (χ4n) is 1.55. The Bertz CT molecular complexity index is 452. The van der Waals surface area contributed by atoms with Gasteiger partial charge in [-0.05, 0) is 15.9 Å². The summed E-state index contributed by atoms with van der Waals surface area (Å²) >= 11 is 9.06. The van der Waals surface area contributed by atoms with E-state index in [-0.39, 0.29) is 11.8 Å². The highest BCUT2D eigenvalue weighted by molar-refractivity contribution is 9.10. The molecule has 1 aromatic heterocycles. The minimum absolute atomic E-state index is 0.00305. The maximum absolute atomic E-state index is 11.7. The third-order valence-corrected chi connectivity index (χ3v) is 3.52. The second-order valence-corrected chi connectivity index (χ2v) is 4.73. The lowest BCUT2D eigenvalue weighted by Gasteiger charge is -2.13. The smallest absolute Gasteiger partial charge is 0.233 e. The molecule has 1 aliphatic heterocycles. The lowest BCUT2D eigenvalue weighted by atomic mass is 10.1. The van der Waals surface area contributed by atoms with Crippen molar-refractivity contribution < 1.29 is 4.79 Å². The van der Waals surface area contributed by atoms with Gasteiger partial charge in [-0.15, -0.1) is 6.58 Å². The average molecular weight is 303 g/mol. The third-order valence-electron chi connectivity index (χ3n) is 2.42. The maximum atomic E-state index is 11.7. The number of aromatic nitrogens is 2. The number of rotatable bonds is 2. The van der Waals surface area contributed by atoms with Gasteiger partial charge in [0.2, 0.25) is 11.9 Å². The molecule has 84 valence electrons. The van der Waals surface area contributed by atoms with Gasteiger partial charge in [0.1, 0.15) is 5.15 Å². The Kier molecular flexibility index (Phi) is 3.25. The minimum Gasteiger partial charge on any atom is -0.280 e. The first kappa shape index (κ1) is 11.5. The molecule has 1 amide bonds. The van der Waals surface area contributed by atoms with Gasteiger partial charge < -0.3 is 0 Å². The van der Waals surface area contributed by atoms with Crippen molar-refractivity contribution in [1.29, 1.82) is 0 Å². The molecule has 1 unspecified atom stereocenters. The first-order chi connectivity index (χ1) is 7.61. The number of hydrogen-bond acceptors (Lipinski definition) is 3. The van der Waals surface area contributed by atoms with Gasteiger partial charge in [0.25, 0.3) is 0 Å². The van der Waals surface area contributed by atoms with Gasteiger partial charge >= 0.3 is 0 Å². The van der Waals surface area contributed by atoms with Gasteiger partial charge in [0.15, 0.2) is 0 Å². The molecule has 0 spiro atoms. The molecule has 0 aromatic carbocycles. The van der Waals surface area contributed by atoms with Crippen LogP contribution < -0.4 is 4.90 Å². The van der Waals surface area contributed by atoms with Crippen molar-refractivity contribution in [2.24, 2.45) is 5.92 Å². The van der Waals surface area contributed by atoms with Crippen LogP contribution in [0.25, 0.3) is 0 Å². The molecule has 2 rings (SSSR count). The van der Waals surface area contributed by atoms with Crippen molar-refractivity contribution in [3.63, 3.8) is 0 Å². The lowest BCUT2D eigenvalue weighted by molar-refractivity contribution is -0.117. The second-order valence-electron chi connectivity index (χ2n) is 3.51. The lowest BCUT2D eigenvalue weighted by Crippen LogP contribution is -2.26. The number of nitrogens with zero attached hydrogens (tertiary/aromatic N) is 3. The summed E-state index contributed by atoms with van der Waals surface area (Å²) in [5.74, 6) is 0.518. The van der Waals surface area contributed by atoms with E-state index in [1.54, 1.807) is 12.3 Å². The zero-order chi connectivity index (χ0) is 11.7. The summed E-state index contributed by atoms with van der Waals surface area (Å²) in [5, 5.41) is 0.305. The van der Waals surface area contributed by atoms with Crippen molar-refractivity contribution in [2.75, 3.05) is 11.4 Å². The SMILES string of the molecule is C=CC1CC(=O)N(c2ncc(Br)c(Cl)n2)C1. The molecule has 1 aliphatic rings. The first-order valence-electron chi connectivity index (χ1n) is 4.72.